The summed E-state index contributed by atoms with van der Waals surface area (Å²) in [6.45, 7) is 0. The number of aromatic nitrogens is 1. The first kappa shape index (κ1) is 36.5. The van der Waals surface area contributed by atoms with Gasteiger partial charge in [-0.2, -0.15) is 0 Å². The summed E-state index contributed by atoms with van der Waals surface area (Å²) in [6, 6.07) is 87.0. The molecule has 0 amide bonds. The van der Waals surface area contributed by atoms with Gasteiger partial charge in [0.1, 0.15) is 11.2 Å². The number of benzene rings is 10. The molecule has 0 fully saturated rings. The molecule has 0 atom stereocenters. The van der Waals surface area contributed by atoms with E-state index in [1.165, 1.54) is 38.5 Å². The summed E-state index contributed by atoms with van der Waals surface area (Å²) in [5, 5.41) is 4.73. The van der Waals surface area contributed by atoms with Crippen molar-refractivity contribution in [1.29, 1.82) is 0 Å². The molecular formula is C60H40N2O. The lowest BCUT2D eigenvalue weighted by Gasteiger charge is -2.28. The van der Waals surface area contributed by atoms with Crippen LogP contribution in [-0.4, -0.2) is 4.57 Å². The van der Waals surface area contributed by atoms with Crippen molar-refractivity contribution in [2.45, 2.75) is 0 Å². The molecule has 63 heavy (non-hydrogen) atoms. The van der Waals surface area contributed by atoms with Crippen LogP contribution in [0.5, 0.6) is 0 Å². The van der Waals surface area contributed by atoms with Crippen LogP contribution in [0.1, 0.15) is 0 Å². The smallest absolute Gasteiger partial charge is 0.143 e. The van der Waals surface area contributed by atoms with Crippen LogP contribution in [0, 0.1) is 0 Å². The lowest BCUT2D eigenvalue weighted by molar-refractivity contribution is 0.670. The van der Waals surface area contributed by atoms with Gasteiger partial charge in [-0.05, 0) is 82.4 Å². The summed E-state index contributed by atoms with van der Waals surface area (Å²) in [5.74, 6) is 0. The fourth-order valence-electron chi connectivity index (χ4n) is 9.48. The van der Waals surface area contributed by atoms with E-state index in [-0.39, 0.29) is 0 Å². The van der Waals surface area contributed by atoms with Crippen LogP contribution in [0.15, 0.2) is 247 Å². The number of hydrogen-bond donors (Lipinski definition) is 0. The van der Waals surface area contributed by atoms with Crippen molar-refractivity contribution in [2.24, 2.45) is 0 Å². The van der Waals surface area contributed by atoms with Gasteiger partial charge in [-0.25, -0.2) is 0 Å². The third kappa shape index (κ3) is 6.29. The first-order chi connectivity index (χ1) is 31.3. The van der Waals surface area contributed by atoms with Crippen molar-refractivity contribution in [3.8, 4) is 50.2 Å². The van der Waals surface area contributed by atoms with Crippen LogP contribution in [0.25, 0.3) is 93.9 Å². The molecule has 0 aliphatic rings. The largest absolute Gasteiger partial charge is 0.455 e. The molecule has 3 heteroatoms. The molecule has 296 valence electrons. The Kier molecular flexibility index (Phi) is 8.83. The molecule has 0 N–H and O–H groups in total. The SMILES string of the molecule is c1ccc(-c2ccc(-c3cccc(N(c4ccc(-c5ccccc5-n5c6ccccc6c6ccccc65)cc4)c4ccccc4-c4cccc5c4oc4ccccc45)c3)cc2)cc1. The van der Waals surface area contributed by atoms with Gasteiger partial charge in [0.05, 0.1) is 22.4 Å². The van der Waals surface area contributed by atoms with Gasteiger partial charge in [0.15, 0.2) is 0 Å². The molecule has 0 saturated heterocycles. The molecule has 0 unspecified atom stereocenters. The minimum Gasteiger partial charge on any atom is -0.455 e. The molecule has 0 spiro atoms. The number of anilines is 3. The van der Waals surface area contributed by atoms with E-state index in [2.05, 4.69) is 246 Å². The van der Waals surface area contributed by atoms with Crippen LogP contribution in [0.4, 0.5) is 17.1 Å². The van der Waals surface area contributed by atoms with Gasteiger partial charge in [-0.1, -0.05) is 188 Å². The van der Waals surface area contributed by atoms with E-state index in [1.54, 1.807) is 0 Å². The Labute approximate surface area is 366 Å². The van der Waals surface area contributed by atoms with Gasteiger partial charge in [-0.3, -0.25) is 0 Å². The van der Waals surface area contributed by atoms with E-state index in [0.29, 0.717) is 0 Å². The summed E-state index contributed by atoms with van der Waals surface area (Å²) in [5.41, 5.74) is 17.6. The van der Waals surface area contributed by atoms with E-state index in [1.807, 2.05) is 6.07 Å². The van der Waals surface area contributed by atoms with E-state index >= 15 is 0 Å². The van der Waals surface area contributed by atoms with Crippen molar-refractivity contribution in [1.82, 2.24) is 4.57 Å². The van der Waals surface area contributed by atoms with Crippen molar-refractivity contribution in [3.05, 3.63) is 243 Å². The maximum absolute atomic E-state index is 6.64. The van der Waals surface area contributed by atoms with Gasteiger partial charge < -0.3 is 13.9 Å². The van der Waals surface area contributed by atoms with Gasteiger partial charge in [0.25, 0.3) is 0 Å². The zero-order valence-electron chi connectivity index (χ0n) is 34.4. The Hall–Kier alpha value is -8.40. The van der Waals surface area contributed by atoms with Crippen LogP contribution < -0.4 is 4.90 Å². The van der Waals surface area contributed by atoms with Gasteiger partial charge in [0.2, 0.25) is 0 Å². The van der Waals surface area contributed by atoms with E-state index < -0.39 is 0 Å². The molecule has 10 aromatic carbocycles. The number of rotatable bonds is 8. The summed E-state index contributed by atoms with van der Waals surface area (Å²) < 4.78 is 9.05. The second-order valence-corrected chi connectivity index (χ2v) is 16.1. The summed E-state index contributed by atoms with van der Waals surface area (Å²) in [4.78, 5) is 2.39. The number of nitrogens with zero attached hydrogens (tertiary/aromatic N) is 2. The highest BCUT2D eigenvalue weighted by molar-refractivity contribution is 6.11. The van der Waals surface area contributed by atoms with Crippen LogP contribution in [0.2, 0.25) is 0 Å². The third-order valence-corrected chi connectivity index (χ3v) is 12.4. The topological polar surface area (TPSA) is 21.3 Å². The Bertz CT molecular complexity index is 3560. The fourth-order valence-corrected chi connectivity index (χ4v) is 9.48. The molecule has 0 saturated carbocycles. The Morgan fingerprint density at radius 1 is 0.317 bits per heavy atom. The molecule has 0 aliphatic heterocycles. The maximum atomic E-state index is 6.64. The third-order valence-electron chi connectivity index (χ3n) is 12.4. The van der Waals surface area contributed by atoms with Crippen molar-refractivity contribution in [3.63, 3.8) is 0 Å². The van der Waals surface area contributed by atoms with Gasteiger partial charge in [0, 0.05) is 49.6 Å². The minimum absolute atomic E-state index is 0.885. The molecular weight excluding hydrogens is 765 g/mol. The van der Waals surface area contributed by atoms with Crippen LogP contribution >= 0.6 is 0 Å². The van der Waals surface area contributed by atoms with Gasteiger partial charge >= 0.3 is 0 Å². The maximum Gasteiger partial charge on any atom is 0.143 e. The number of para-hydroxylation sites is 6. The second kappa shape index (κ2) is 15.3. The van der Waals surface area contributed by atoms with E-state index in [0.717, 1.165) is 72.5 Å². The highest BCUT2D eigenvalue weighted by Gasteiger charge is 2.22. The van der Waals surface area contributed by atoms with Crippen molar-refractivity contribution >= 4 is 60.8 Å². The highest BCUT2D eigenvalue weighted by atomic mass is 16.3. The van der Waals surface area contributed by atoms with Crippen LogP contribution in [-0.2, 0) is 0 Å². The number of hydrogen-bond acceptors (Lipinski definition) is 2. The normalized spacial score (nSPS) is 11.5. The molecule has 2 heterocycles. The lowest BCUT2D eigenvalue weighted by Crippen LogP contribution is -2.11. The lowest BCUT2D eigenvalue weighted by atomic mass is 9.97. The standard InChI is InChI=1S/C60H40N2O/c1-2-16-41(17-3-1)42-32-34-43(35-33-42)45-18-14-19-47(40-45)61(56-28-10-7-23-51(56)53-25-15-26-54-52-24-8-13-31-59(52)63-60(53)54)46-38-36-44(37-39-46)48-20-4-9-27-55(48)62-57-29-11-5-21-49(57)50-22-6-12-30-58(50)62/h1-40H. The second-order valence-electron chi connectivity index (χ2n) is 16.1. The van der Waals surface area contributed by atoms with Gasteiger partial charge in [-0.15, -0.1) is 0 Å². The molecule has 12 rings (SSSR count). The van der Waals surface area contributed by atoms with E-state index in [9.17, 15) is 0 Å². The monoisotopic (exact) mass is 804 g/mol. The Morgan fingerprint density at radius 3 is 1.60 bits per heavy atom. The Balaban J connectivity index is 1.01. The molecule has 3 nitrogen and oxygen atoms in total. The van der Waals surface area contributed by atoms with E-state index in [4.69, 9.17) is 4.42 Å². The zero-order valence-corrected chi connectivity index (χ0v) is 34.4. The highest BCUT2D eigenvalue weighted by Crippen LogP contribution is 2.46. The average Bonchev–Trinajstić information content (AvgIpc) is 3.91. The fraction of sp³-hybridized carbons (Fsp3) is 0. The molecule has 2 aromatic heterocycles. The average molecular weight is 805 g/mol. The summed E-state index contributed by atoms with van der Waals surface area (Å²) >= 11 is 0. The summed E-state index contributed by atoms with van der Waals surface area (Å²) in [7, 11) is 0. The molecule has 0 aliphatic carbocycles. The number of fused-ring (bicyclic) bond motifs is 6. The Morgan fingerprint density at radius 2 is 0.841 bits per heavy atom. The van der Waals surface area contributed by atoms with Crippen LogP contribution in [0.3, 0.4) is 0 Å². The number of furan rings is 1. The minimum atomic E-state index is 0.885. The first-order valence-corrected chi connectivity index (χ1v) is 21.5. The first-order valence-electron chi connectivity index (χ1n) is 21.5. The predicted molar refractivity (Wildman–Crippen MR) is 264 cm³/mol. The summed E-state index contributed by atoms with van der Waals surface area (Å²) in [6.07, 6.45) is 0. The molecule has 12 aromatic rings. The molecule has 0 bridgehead atoms. The quantitative estimate of drug-likeness (QED) is 0.153. The molecule has 0 radical (unpaired) electrons. The van der Waals surface area contributed by atoms with Crippen molar-refractivity contribution < 1.29 is 4.42 Å². The predicted octanol–water partition coefficient (Wildman–Crippen LogP) is 16.8. The van der Waals surface area contributed by atoms with Crippen molar-refractivity contribution in [2.75, 3.05) is 4.90 Å². The zero-order chi connectivity index (χ0) is 41.7.